The summed E-state index contributed by atoms with van der Waals surface area (Å²) in [5.41, 5.74) is 11.3. The molecule has 21 heavy (non-hydrogen) atoms. The van der Waals surface area contributed by atoms with Gasteiger partial charge in [-0.2, -0.15) is 0 Å². The molecule has 0 radical (unpaired) electrons. The van der Waals surface area contributed by atoms with E-state index in [1.807, 2.05) is 0 Å². The second kappa shape index (κ2) is 5.88. The quantitative estimate of drug-likeness (QED) is 0.903. The number of hydrogen-bond donors (Lipinski definition) is 2. The van der Waals surface area contributed by atoms with Crippen LogP contribution in [0.5, 0.6) is 0 Å². The van der Waals surface area contributed by atoms with Crippen LogP contribution in [0.15, 0.2) is 48.5 Å². The molecule has 3 nitrogen and oxygen atoms in total. The van der Waals surface area contributed by atoms with Gasteiger partial charge in [-0.3, -0.25) is 0 Å². The van der Waals surface area contributed by atoms with Gasteiger partial charge in [-0.05, 0) is 49.3 Å². The van der Waals surface area contributed by atoms with E-state index in [1.54, 1.807) is 0 Å². The van der Waals surface area contributed by atoms with Gasteiger partial charge in [0, 0.05) is 18.3 Å². The van der Waals surface area contributed by atoms with Crippen molar-refractivity contribution in [3.63, 3.8) is 0 Å². The van der Waals surface area contributed by atoms with Crippen molar-refractivity contribution < 1.29 is 0 Å². The monoisotopic (exact) mass is 281 g/mol. The van der Waals surface area contributed by atoms with E-state index in [1.165, 1.54) is 22.4 Å². The molecule has 0 spiro atoms. The van der Waals surface area contributed by atoms with E-state index in [0.717, 1.165) is 13.0 Å². The molecule has 1 aliphatic carbocycles. The van der Waals surface area contributed by atoms with Crippen LogP contribution >= 0.6 is 0 Å². The lowest BCUT2D eigenvalue weighted by molar-refractivity contribution is 0.402. The van der Waals surface area contributed by atoms with E-state index in [-0.39, 0.29) is 6.04 Å². The highest BCUT2D eigenvalue weighted by Gasteiger charge is 2.27. The molecular weight excluding hydrogens is 258 g/mol. The van der Waals surface area contributed by atoms with Gasteiger partial charge in [0.05, 0.1) is 6.04 Å². The average molecular weight is 281 g/mol. The second-order valence-corrected chi connectivity index (χ2v) is 6.11. The molecule has 0 aliphatic heterocycles. The molecule has 0 heterocycles. The third-order valence-electron chi connectivity index (χ3n) is 4.03. The summed E-state index contributed by atoms with van der Waals surface area (Å²) in [5.74, 6) is 0. The molecule has 3 heteroatoms. The Hall–Kier alpha value is -1.84. The first-order valence-corrected chi connectivity index (χ1v) is 7.48. The molecule has 2 aromatic rings. The normalized spacial score (nSPS) is 20.6. The minimum Gasteiger partial charge on any atom is -0.378 e. The van der Waals surface area contributed by atoms with Crippen LogP contribution in [-0.4, -0.2) is 19.0 Å². The Kier molecular flexibility index (Phi) is 3.95. The highest BCUT2D eigenvalue weighted by molar-refractivity contribution is 5.50. The fourth-order valence-electron chi connectivity index (χ4n) is 3.14. The molecule has 0 amide bonds. The lowest BCUT2D eigenvalue weighted by Crippen LogP contribution is -2.12. The maximum Gasteiger partial charge on any atom is 0.0535 e. The maximum atomic E-state index is 6.24. The van der Waals surface area contributed by atoms with E-state index in [4.69, 9.17) is 5.73 Å². The summed E-state index contributed by atoms with van der Waals surface area (Å²) in [6.07, 6.45) is 0.956. The van der Waals surface area contributed by atoms with Crippen molar-refractivity contribution in [1.29, 1.82) is 0 Å². The fraction of sp³-hybridized carbons (Fsp3) is 0.333. The van der Waals surface area contributed by atoms with E-state index in [2.05, 4.69) is 72.8 Å². The number of hydrogen-bond acceptors (Lipinski definition) is 3. The number of nitrogens with zero attached hydrogens (tertiary/aromatic N) is 1. The molecule has 0 bridgehead atoms. The predicted molar refractivity (Wildman–Crippen MR) is 88.2 cm³/mol. The van der Waals surface area contributed by atoms with Crippen molar-refractivity contribution in [1.82, 2.24) is 4.90 Å². The van der Waals surface area contributed by atoms with Gasteiger partial charge in [0.1, 0.15) is 0 Å². The second-order valence-electron chi connectivity index (χ2n) is 6.11. The van der Waals surface area contributed by atoms with E-state index < -0.39 is 0 Å². The summed E-state index contributed by atoms with van der Waals surface area (Å²) in [6, 6.07) is 17.6. The van der Waals surface area contributed by atoms with Gasteiger partial charge in [-0.1, -0.05) is 36.4 Å². The predicted octanol–water partition coefficient (Wildman–Crippen LogP) is 3.30. The van der Waals surface area contributed by atoms with Crippen molar-refractivity contribution >= 4 is 5.69 Å². The molecule has 0 fully saturated rings. The Bertz CT molecular complexity index is 621. The van der Waals surface area contributed by atoms with Crippen LogP contribution in [0.2, 0.25) is 0 Å². The van der Waals surface area contributed by atoms with Gasteiger partial charge in [0.15, 0.2) is 0 Å². The van der Waals surface area contributed by atoms with E-state index in [0.29, 0.717) is 6.04 Å². The van der Waals surface area contributed by atoms with Crippen LogP contribution in [-0.2, 0) is 6.54 Å². The van der Waals surface area contributed by atoms with Crippen molar-refractivity contribution in [2.45, 2.75) is 25.0 Å². The zero-order valence-corrected chi connectivity index (χ0v) is 12.7. The van der Waals surface area contributed by atoms with Crippen molar-refractivity contribution in [3.05, 3.63) is 65.2 Å². The zero-order valence-electron chi connectivity index (χ0n) is 12.7. The van der Waals surface area contributed by atoms with E-state index >= 15 is 0 Å². The summed E-state index contributed by atoms with van der Waals surface area (Å²) in [4.78, 5) is 2.18. The first-order valence-electron chi connectivity index (χ1n) is 7.48. The standard InChI is InChI=1S/C18H23N3/c1-21(2)12-13-6-5-7-14(10-13)20-18-11-17(19)15-8-3-4-9-16(15)18/h3-10,17-18,20H,11-12,19H2,1-2H3. The summed E-state index contributed by atoms with van der Waals surface area (Å²) in [6.45, 7) is 0.955. The van der Waals surface area contributed by atoms with Crippen LogP contribution in [0.3, 0.4) is 0 Å². The van der Waals surface area contributed by atoms with Gasteiger partial charge in [0.25, 0.3) is 0 Å². The van der Waals surface area contributed by atoms with Gasteiger partial charge >= 0.3 is 0 Å². The Labute approximate surface area is 126 Å². The first kappa shape index (κ1) is 14.1. The van der Waals surface area contributed by atoms with Crippen molar-refractivity contribution in [2.24, 2.45) is 5.73 Å². The number of nitrogens with one attached hydrogen (secondary N) is 1. The summed E-state index contributed by atoms with van der Waals surface area (Å²) >= 11 is 0. The van der Waals surface area contributed by atoms with Crippen molar-refractivity contribution in [2.75, 3.05) is 19.4 Å². The number of nitrogens with two attached hydrogens (primary N) is 1. The number of anilines is 1. The Morgan fingerprint density at radius 3 is 2.62 bits per heavy atom. The number of fused-ring (bicyclic) bond motifs is 1. The molecule has 2 atom stereocenters. The minimum atomic E-state index is 0.142. The zero-order chi connectivity index (χ0) is 14.8. The average Bonchev–Trinajstić information content (AvgIpc) is 2.76. The Morgan fingerprint density at radius 1 is 1.10 bits per heavy atom. The summed E-state index contributed by atoms with van der Waals surface area (Å²) in [7, 11) is 4.18. The minimum absolute atomic E-state index is 0.142. The largest absolute Gasteiger partial charge is 0.378 e. The van der Waals surface area contributed by atoms with Gasteiger partial charge in [-0.25, -0.2) is 0 Å². The third-order valence-corrected chi connectivity index (χ3v) is 4.03. The Morgan fingerprint density at radius 2 is 1.86 bits per heavy atom. The van der Waals surface area contributed by atoms with Gasteiger partial charge < -0.3 is 16.0 Å². The third kappa shape index (κ3) is 3.09. The molecule has 0 saturated heterocycles. The van der Waals surface area contributed by atoms with Gasteiger partial charge in [-0.15, -0.1) is 0 Å². The molecule has 110 valence electrons. The highest BCUT2D eigenvalue weighted by atomic mass is 15.0. The molecule has 3 N–H and O–H groups in total. The van der Waals surface area contributed by atoms with Crippen LogP contribution in [0, 0.1) is 0 Å². The van der Waals surface area contributed by atoms with Crippen LogP contribution in [0.25, 0.3) is 0 Å². The maximum absolute atomic E-state index is 6.24. The van der Waals surface area contributed by atoms with Crippen LogP contribution in [0.1, 0.15) is 35.2 Å². The molecule has 0 aromatic heterocycles. The summed E-state index contributed by atoms with van der Waals surface area (Å²) in [5, 5.41) is 3.64. The number of benzene rings is 2. The van der Waals surface area contributed by atoms with Gasteiger partial charge in [0.2, 0.25) is 0 Å². The smallest absolute Gasteiger partial charge is 0.0535 e. The van der Waals surface area contributed by atoms with E-state index in [9.17, 15) is 0 Å². The molecule has 2 unspecified atom stereocenters. The Balaban J connectivity index is 1.79. The van der Waals surface area contributed by atoms with Crippen LogP contribution < -0.4 is 11.1 Å². The summed E-state index contributed by atoms with van der Waals surface area (Å²) < 4.78 is 0. The fourth-order valence-corrected chi connectivity index (χ4v) is 3.14. The van der Waals surface area contributed by atoms with Crippen molar-refractivity contribution in [3.8, 4) is 0 Å². The first-order chi connectivity index (χ1) is 10.1. The topological polar surface area (TPSA) is 41.3 Å². The van der Waals surface area contributed by atoms with Crippen LogP contribution in [0.4, 0.5) is 5.69 Å². The number of rotatable bonds is 4. The lowest BCUT2D eigenvalue weighted by atomic mass is 10.1. The molecule has 2 aromatic carbocycles. The SMILES string of the molecule is CN(C)Cc1cccc(NC2CC(N)c3ccccc32)c1. The molecule has 3 rings (SSSR count). The highest BCUT2D eigenvalue weighted by Crippen LogP contribution is 2.39. The lowest BCUT2D eigenvalue weighted by Gasteiger charge is -2.17. The molecular formula is C18H23N3. The molecule has 0 saturated carbocycles. The molecule has 1 aliphatic rings.